The summed E-state index contributed by atoms with van der Waals surface area (Å²) in [4.78, 5) is 24.6. The summed E-state index contributed by atoms with van der Waals surface area (Å²) in [6.07, 6.45) is 7.07. The minimum atomic E-state index is -0.210. The molecular weight excluding hydrogens is 376 g/mol. The molecule has 6 nitrogen and oxygen atoms in total. The smallest absolute Gasteiger partial charge is 0.267 e. The third-order valence-corrected chi connectivity index (χ3v) is 5.58. The van der Waals surface area contributed by atoms with Crippen LogP contribution >= 0.6 is 11.6 Å². The largest absolute Gasteiger partial charge is 0.353 e. The molecular formula is C21H23ClN4O2. The highest BCUT2D eigenvalue weighted by molar-refractivity contribution is 6.35. The van der Waals surface area contributed by atoms with Gasteiger partial charge in [0, 0.05) is 41.3 Å². The lowest BCUT2D eigenvalue weighted by Gasteiger charge is -2.11. The first kappa shape index (κ1) is 18.7. The second-order valence-corrected chi connectivity index (χ2v) is 7.61. The second-order valence-electron chi connectivity index (χ2n) is 7.20. The number of hydrogen-bond acceptors (Lipinski definition) is 3. The van der Waals surface area contributed by atoms with Gasteiger partial charge in [0.15, 0.2) is 0 Å². The number of benzene rings is 1. The molecule has 2 aromatic heterocycles. The van der Waals surface area contributed by atoms with E-state index in [9.17, 15) is 9.59 Å². The average molecular weight is 399 g/mol. The van der Waals surface area contributed by atoms with Gasteiger partial charge in [0.05, 0.1) is 5.69 Å². The first-order chi connectivity index (χ1) is 13.6. The summed E-state index contributed by atoms with van der Waals surface area (Å²) in [6, 6.07) is 9.40. The Kier molecular flexibility index (Phi) is 5.48. The summed E-state index contributed by atoms with van der Waals surface area (Å²) >= 11 is 6.20. The lowest BCUT2D eigenvalue weighted by molar-refractivity contribution is -0.121. The van der Waals surface area contributed by atoms with Crippen LogP contribution in [0.1, 0.15) is 30.5 Å². The fourth-order valence-electron chi connectivity index (χ4n) is 3.78. The van der Waals surface area contributed by atoms with E-state index in [-0.39, 0.29) is 18.0 Å². The van der Waals surface area contributed by atoms with Crippen molar-refractivity contribution in [1.82, 2.24) is 19.7 Å². The van der Waals surface area contributed by atoms with Gasteiger partial charge in [-0.1, -0.05) is 24.1 Å². The van der Waals surface area contributed by atoms with Crippen LogP contribution in [0.25, 0.3) is 10.9 Å². The van der Waals surface area contributed by atoms with Crippen LogP contribution in [-0.2, 0) is 30.7 Å². The Balaban J connectivity index is 1.37. The normalized spacial score (nSPS) is 13.9. The highest BCUT2D eigenvalue weighted by Crippen LogP contribution is 2.24. The molecule has 1 amide bonds. The standard InChI is InChI=1S/C21H23ClN4O2/c22-17-6-4-8-19-16(17)9-11-25(19)12-10-23-20(27)14-26-21(28)13-15-5-2-1-3-7-18(15)24-26/h4,6,8-9,11,13H,1-3,5,7,10,12,14H2,(H,23,27). The topological polar surface area (TPSA) is 68.9 Å². The fraction of sp³-hybridized carbons (Fsp3) is 0.381. The first-order valence-corrected chi connectivity index (χ1v) is 10.1. The van der Waals surface area contributed by atoms with Crippen molar-refractivity contribution in [1.29, 1.82) is 0 Å². The van der Waals surface area contributed by atoms with Gasteiger partial charge in [-0.3, -0.25) is 9.59 Å². The molecule has 0 unspecified atom stereocenters. The molecule has 28 heavy (non-hydrogen) atoms. The summed E-state index contributed by atoms with van der Waals surface area (Å²) < 4.78 is 3.33. The van der Waals surface area contributed by atoms with Crippen molar-refractivity contribution in [3.63, 3.8) is 0 Å². The predicted octanol–water partition coefficient (Wildman–Crippen LogP) is 2.94. The summed E-state index contributed by atoms with van der Waals surface area (Å²) in [5.41, 5.74) is 2.82. The number of nitrogens with one attached hydrogen (secondary N) is 1. The van der Waals surface area contributed by atoms with Gasteiger partial charge in [0.25, 0.3) is 5.56 Å². The Bertz CT molecular complexity index is 1070. The lowest BCUT2D eigenvalue weighted by atomic mass is 10.1. The summed E-state index contributed by atoms with van der Waals surface area (Å²) in [5.74, 6) is -0.210. The third kappa shape index (κ3) is 3.97. The molecule has 0 radical (unpaired) electrons. The molecule has 0 spiro atoms. The van der Waals surface area contributed by atoms with Crippen molar-refractivity contribution in [2.75, 3.05) is 6.54 Å². The summed E-state index contributed by atoms with van der Waals surface area (Å²) in [6.45, 7) is 1.04. The van der Waals surface area contributed by atoms with Crippen molar-refractivity contribution in [3.8, 4) is 0 Å². The molecule has 0 saturated heterocycles. The van der Waals surface area contributed by atoms with Gasteiger partial charge in [0.1, 0.15) is 6.54 Å². The van der Waals surface area contributed by atoms with Gasteiger partial charge in [-0.25, -0.2) is 4.68 Å². The lowest BCUT2D eigenvalue weighted by Crippen LogP contribution is -2.35. The maximum absolute atomic E-state index is 12.3. The number of aryl methyl sites for hydroxylation is 2. The Morgan fingerprint density at radius 2 is 2.04 bits per heavy atom. The molecule has 0 saturated carbocycles. The van der Waals surface area contributed by atoms with Crippen LogP contribution in [0, 0.1) is 0 Å². The number of aromatic nitrogens is 3. The van der Waals surface area contributed by atoms with Crippen LogP contribution < -0.4 is 10.9 Å². The van der Waals surface area contributed by atoms with Crippen molar-refractivity contribution >= 4 is 28.4 Å². The zero-order valence-corrected chi connectivity index (χ0v) is 16.4. The quantitative estimate of drug-likeness (QED) is 0.672. The minimum Gasteiger partial charge on any atom is -0.353 e. The molecule has 0 fully saturated rings. The van der Waals surface area contributed by atoms with Crippen LogP contribution in [0.2, 0.25) is 5.02 Å². The predicted molar refractivity (Wildman–Crippen MR) is 110 cm³/mol. The second kappa shape index (κ2) is 8.19. The number of fused-ring (bicyclic) bond motifs is 2. The molecule has 1 N–H and O–H groups in total. The molecule has 3 aromatic rings. The summed E-state index contributed by atoms with van der Waals surface area (Å²) in [7, 11) is 0. The Hall–Kier alpha value is -2.60. The Labute approximate surface area is 168 Å². The third-order valence-electron chi connectivity index (χ3n) is 5.25. The van der Waals surface area contributed by atoms with Crippen molar-refractivity contribution < 1.29 is 4.79 Å². The molecule has 1 aromatic carbocycles. The number of carbonyl (C=O) groups excluding carboxylic acids is 1. The van der Waals surface area contributed by atoms with E-state index in [0.29, 0.717) is 18.1 Å². The molecule has 4 rings (SSSR count). The molecule has 0 aliphatic heterocycles. The van der Waals surface area contributed by atoms with Gasteiger partial charge in [-0.2, -0.15) is 5.10 Å². The van der Waals surface area contributed by atoms with Gasteiger partial charge in [-0.05, 0) is 49.4 Å². The van der Waals surface area contributed by atoms with E-state index in [4.69, 9.17) is 11.6 Å². The van der Waals surface area contributed by atoms with E-state index in [1.165, 1.54) is 4.68 Å². The van der Waals surface area contributed by atoms with Gasteiger partial charge in [0.2, 0.25) is 5.91 Å². The van der Waals surface area contributed by atoms with E-state index in [0.717, 1.165) is 54.3 Å². The van der Waals surface area contributed by atoms with Crippen LogP contribution in [0.3, 0.4) is 0 Å². The number of amides is 1. The molecule has 2 heterocycles. The molecule has 1 aliphatic rings. The SMILES string of the molecule is O=C(Cn1nc2c(cc1=O)CCCCC2)NCCn1ccc2c(Cl)cccc21. The zero-order chi connectivity index (χ0) is 19.5. The fourth-order valence-corrected chi connectivity index (χ4v) is 4.01. The molecule has 0 atom stereocenters. The first-order valence-electron chi connectivity index (χ1n) is 9.72. The van der Waals surface area contributed by atoms with Crippen LogP contribution in [0.4, 0.5) is 0 Å². The maximum atomic E-state index is 12.3. The number of halogens is 1. The van der Waals surface area contributed by atoms with E-state index < -0.39 is 0 Å². The van der Waals surface area contributed by atoms with Crippen LogP contribution in [0.5, 0.6) is 0 Å². The maximum Gasteiger partial charge on any atom is 0.267 e. The van der Waals surface area contributed by atoms with Crippen molar-refractivity contribution in [2.24, 2.45) is 0 Å². The molecule has 1 aliphatic carbocycles. The highest BCUT2D eigenvalue weighted by Gasteiger charge is 2.14. The van der Waals surface area contributed by atoms with Crippen molar-refractivity contribution in [2.45, 2.75) is 45.2 Å². The number of hydrogen-bond donors (Lipinski definition) is 1. The minimum absolute atomic E-state index is 0.0512. The molecule has 146 valence electrons. The average Bonchev–Trinajstić information content (AvgIpc) is 2.95. The molecule has 7 heteroatoms. The molecule has 0 bridgehead atoms. The monoisotopic (exact) mass is 398 g/mol. The van der Waals surface area contributed by atoms with E-state index >= 15 is 0 Å². The van der Waals surface area contributed by atoms with E-state index in [2.05, 4.69) is 10.4 Å². The number of nitrogens with zero attached hydrogens (tertiary/aromatic N) is 3. The van der Waals surface area contributed by atoms with Crippen LogP contribution in [0.15, 0.2) is 41.3 Å². The summed E-state index contributed by atoms with van der Waals surface area (Å²) in [5, 5.41) is 9.03. The highest BCUT2D eigenvalue weighted by atomic mass is 35.5. The van der Waals surface area contributed by atoms with Crippen LogP contribution in [-0.4, -0.2) is 26.8 Å². The van der Waals surface area contributed by atoms with E-state index in [1.54, 1.807) is 6.07 Å². The number of rotatable bonds is 5. The van der Waals surface area contributed by atoms with Gasteiger partial charge >= 0.3 is 0 Å². The zero-order valence-electron chi connectivity index (χ0n) is 15.7. The Morgan fingerprint density at radius 1 is 1.18 bits per heavy atom. The van der Waals surface area contributed by atoms with Gasteiger partial charge in [-0.15, -0.1) is 0 Å². The van der Waals surface area contributed by atoms with Gasteiger partial charge < -0.3 is 9.88 Å². The van der Waals surface area contributed by atoms with E-state index in [1.807, 2.05) is 35.0 Å². The Morgan fingerprint density at radius 3 is 2.93 bits per heavy atom. The van der Waals surface area contributed by atoms with Crippen molar-refractivity contribution in [3.05, 3.63) is 63.2 Å². The number of carbonyl (C=O) groups is 1.